The van der Waals surface area contributed by atoms with Crippen LogP contribution in [-0.2, 0) is 16.8 Å². The standard InChI is InChI=1S/C26H27ClN4O2S/c1-17-14-20(27)11-12-22(17)28-23(32)16-34-25-30-29-24(31(25)15-21-6-5-13-33-21)18-7-9-19(10-8-18)26(2,3)4/h5-14H,15-16H2,1-4H3,(H,28,32). The zero-order chi connectivity index (χ0) is 24.3. The Morgan fingerprint density at radius 2 is 1.88 bits per heavy atom. The number of benzene rings is 2. The van der Waals surface area contributed by atoms with E-state index in [0.29, 0.717) is 16.7 Å². The molecule has 2 aromatic carbocycles. The first-order chi connectivity index (χ1) is 16.2. The van der Waals surface area contributed by atoms with Crippen LogP contribution in [0, 0.1) is 6.92 Å². The number of hydrogen-bond donors (Lipinski definition) is 1. The number of rotatable bonds is 7. The van der Waals surface area contributed by atoms with Crippen LogP contribution in [0.3, 0.4) is 0 Å². The quantitative estimate of drug-likeness (QED) is 0.294. The molecule has 2 heterocycles. The molecule has 0 fully saturated rings. The van der Waals surface area contributed by atoms with Gasteiger partial charge in [0.2, 0.25) is 5.91 Å². The number of aromatic nitrogens is 3. The highest BCUT2D eigenvalue weighted by Crippen LogP contribution is 2.29. The average Bonchev–Trinajstić information content (AvgIpc) is 3.44. The number of carbonyl (C=O) groups excluding carboxylic acids is 1. The molecule has 0 saturated heterocycles. The van der Waals surface area contributed by atoms with Gasteiger partial charge in [-0.25, -0.2) is 0 Å². The van der Waals surface area contributed by atoms with Crippen molar-refractivity contribution in [3.63, 3.8) is 0 Å². The largest absolute Gasteiger partial charge is 0.467 e. The van der Waals surface area contributed by atoms with Gasteiger partial charge in [0.25, 0.3) is 0 Å². The van der Waals surface area contributed by atoms with Crippen LogP contribution in [-0.4, -0.2) is 26.4 Å². The normalized spacial score (nSPS) is 11.6. The van der Waals surface area contributed by atoms with Crippen LogP contribution < -0.4 is 5.32 Å². The lowest BCUT2D eigenvalue weighted by molar-refractivity contribution is -0.113. The van der Waals surface area contributed by atoms with Crippen LogP contribution in [0.4, 0.5) is 5.69 Å². The molecule has 1 N–H and O–H groups in total. The molecule has 0 aliphatic rings. The first kappa shape index (κ1) is 24.1. The van der Waals surface area contributed by atoms with Crippen LogP contribution in [0.25, 0.3) is 11.4 Å². The Bertz CT molecular complexity index is 1280. The fourth-order valence-corrected chi connectivity index (χ4v) is 4.48. The molecule has 176 valence electrons. The second kappa shape index (κ2) is 10.1. The Labute approximate surface area is 208 Å². The van der Waals surface area contributed by atoms with Crippen molar-refractivity contribution in [1.82, 2.24) is 14.8 Å². The SMILES string of the molecule is Cc1cc(Cl)ccc1NC(=O)CSc1nnc(-c2ccc(C(C)(C)C)cc2)n1Cc1ccco1. The van der Waals surface area contributed by atoms with Crippen LogP contribution >= 0.6 is 23.4 Å². The molecular formula is C26H27ClN4O2S. The smallest absolute Gasteiger partial charge is 0.234 e. The fraction of sp³-hybridized carbons (Fsp3) is 0.269. The van der Waals surface area contributed by atoms with Gasteiger partial charge in [0.05, 0.1) is 18.6 Å². The number of furan rings is 1. The Hall–Kier alpha value is -3.03. The van der Waals surface area contributed by atoms with E-state index in [-0.39, 0.29) is 17.1 Å². The number of hydrogen-bond acceptors (Lipinski definition) is 5. The van der Waals surface area contributed by atoms with E-state index in [4.69, 9.17) is 16.0 Å². The Kier molecular flexibility index (Phi) is 7.14. The number of carbonyl (C=O) groups is 1. The van der Waals surface area contributed by atoms with E-state index < -0.39 is 0 Å². The molecule has 2 aromatic heterocycles. The molecule has 0 spiro atoms. The molecular weight excluding hydrogens is 468 g/mol. The van der Waals surface area contributed by atoms with Gasteiger partial charge in [0.1, 0.15) is 5.76 Å². The lowest BCUT2D eigenvalue weighted by atomic mass is 9.87. The predicted molar refractivity (Wildman–Crippen MR) is 138 cm³/mol. The fourth-order valence-electron chi connectivity index (χ4n) is 3.51. The third-order valence-electron chi connectivity index (χ3n) is 5.41. The van der Waals surface area contributed by atoms with Crippen molar-refractivity contribution in [2.45, 2.75) is 44.8 Å². The summed E-state index contributed by atoms with van der Waals surface area (Å²) in [6.07, 6.45) is 1.65. The number of anilines is 1. The Morgan fingerprint density at radius 3 is 2.53 bits per heavy atom. The van der Waals surface area contributed by atoms with Gasteiger partial charge in [-0.3, -0.25) is 9.36 Å². The predicted octanol–water partition coefficient (Wildman–Crippen LogP) is 6.58. The third-order valence-corrected chi connectivity index (χ3v) is 6.62. The van der Waals surface area contributed by atoms with Crippen LogP contribution in [0.5, 0.6) is 0 Å². The van der Waals surface area contributed by atoms with Gasteiger partial charge < -0.3 is 9.73 Å². The summed E-state index contributed by atoms with van der Waals surface area (Å²) in [6.45, 7) is 8.94. The van der Waals surface area contributed by atoms with E-state index in [0.717, 1.165) is 28.4 Å². The molecule has 0 aliphatic carbocycles. The van der Waals surface area contributed by atoms with Crippen molar-refractivity contribution in [2.75, 3.05) is 11.1 Å². The second-order valence-electron chi connectivity index (χ2n) is 9.10. The Balaban J connectivity index is 1.55. The molecule has 4 aromatic rings. The van der Waals surface area contributed by atoms with E-state index in [2.05, 4.69) is 60.6 Å². The summed E-state index contributed by atoms with van der Waals surface area (Å²) >= 11 is 7.35. The van der Waals surface area contributed by atoms with Gasteiger partial charge in [0, 0.05) is 16.3 Å². The summed E-state index contributed by atoms with van der Waals surface area (Å²) in [4.78, 5) is 12.6. The van der Waals surface area contributed by atoms with E-state index in [1.54, 1.807) is 18.4 Å². The molecule has 34 heavy (non-hydrogen) atoms. The molecule has 0 atom stereocenters. The van der Waals surface area contributed by atoms with Gasteiger partial charge in [-0.1, -0.05) is 68.4 Å². The molecule has 8 heteroatoms. The molecule has 0 bridgehead atoms. The number of nitrogens with one attached hydrogen (secondary N) is 1. The maximum Gasteiger partial charge on any atom is 0.234 e. The first-order valence-corrected chi connectivity index (χ1v) is 12.3. The molecule has 0 unspecified atom stereocenters. The number of aryl methyl sites for hydroxylation is 1. The Morgan fingerprint density at radius 1 is 1.12 bits per heavy atom. The molecule has 0 saturated carbocycles. The number of halogens is 1. The van der Waals surface area contributed by atoms with Gasteiger partial charge >= 0.3 is 0 Å². The molecule has 1 amide bonds. The van der Waals surface area contributed by atoms with E-state index in [1.807, 2.05) is 29.7 Å². The third kappa shape index (κ3) is 5.72. The monoisotopic (exact) mass is 494 g/mol. The topological polar surface area (TPSA) is 73.0 Å². The van der Waals surface area contributed by atoms with Crippen molar-refractivity contribution in [3.8, 4) is 11.4 Å². The molecule has 4 rings (SSSR count). The van der Waals surface area contributed by atoms with Gasteiger partial charge in [-0.15, -0.1) is 10.2 Å². The summed E-state index contributed by atoms with van der Waals surface area (Å²) in [6, 6.07) is 17.5. The van der Waals surface area contributed by atoms with Gasteiger partial charge in [-0.2, -0.15) is 0 Å². The summed E-state index contributed by atoms with van der Waals surface area (Å²) in [5.74, 6) is 1.59. The van der Waals surface area contributed by atoms with Gasteiger partial charge in [0.15, 0.2) is 11.0 Å². The zero-order valence-electron chi connectivity index (χ0n) is 19.6. The maximum atomic E-state index is 12.6. The highest BCUT2D eigenvalue weighted by atomic mass is 35.5. The molecule has 0 aliphatic heterocycles. The van der Waals surface area contributed by atoms with Crippen LogP contribution in [0.15, 0.2) is 70.4 Å². The number of amides is 1. The van der Waals surface area contributed by atoms with Gasteiger partial charge in [-0.05, 0) is 53.8 Å². The second-order valence-corrected chi connectivity index (χ2v) is 10.5. The summed E-state index contributed by atoms with van der Waals surface area (Å²) in [5.41, 5.74) is 3.92. The van der Waals surface area contributed by atoms with Crippen LogP contribution in [0.1, 0.15) is 37.7 Å². The van der Waals surface area contributed by atoms with Crippen molar-refractivity contribution >= 4 is 35.0 Å². The summed E-state index contributed by atoms with van der Waals surface area (Å²) in [7, 11) is 0. The van der Waals surface area contributed by atoms with E-state index >= 15 is 0 Å². The van der Waals surface area contributed by atoms with E-state index in [9.17, 15) is 4.79 Å². The first-order valence-electron chi connectivity index (χ1n) is 11.0. The highest BCUT2D eigenvalue weighted by Gasteiger charge is 2.19. The zero-order valence-corrected chi connectivity index (χ0v) is 21.2. The minimum atomic E-state index is -0.126. The van der Waals surface area contributed by atoms with Crippen molar-refractivity contribution in [1.29, 1.82) is 0 Å². The van der Waals surface area contributed by atoms with E-state index in [1.165, 1.54) is 17.3 Å². The summed E-state index contributed by atoms with van der Waals surface area (Å²) < 4.78 is 7.55. The number of nitrogens with zero attached hydrogens (tertiary/aromatic N) is 3. The maximum absolute atomic E-state index is 12.6. The minimum Gasteiger partial charge on any atom is -0.467 e. The molecule has 0 radical (unpaired) electrons. The summed E-state index contributed by atoms with van der Waals surface area (Å²) in [5, 5.41) is 13.1. The molecule has 6 nitrogen and oxygen atoms in total. The van der Waals surface area contributed by atoms with Crippen molar-refractivity contribution in [3.05, 3.63) is 82.8 Å². The average molecular weight is 495 g/mol. The lowest BCUT2D eigenvalue weighted by Gasteiger charge is -2.19. The highest BCUT2D eigenvalue weighted by molar-refractivity contribution is 7.99. The lowest BCUT2D eigenvalue weighted by Crippen LogP contribution is -2.15. The minimum absolute atomic E-state index is 0.0667. The van der Waals surface area contributed by atoms with Crippen LogP contribution in [0.2, 0.25) is 5.02 Å². The number of thioether (sulfide) groups is 1. The van der Waals surface area contributed by atoms with Crippen molar-refractivity contribution < 1.29 is 9.21 Å². The van der Waals surface area contributed by atoms with Crippen molar-refractivity contribution in [2.24, 2.45) is 0 Å².